The molecule has 3 aromatic heterocycles. The standard InChI is InChI=1S/C30H20FN7O3/c1-40-26-13-17(31)12-25(38-16-34-22-8-4-5-9-24(22)38)28(26)41-30-27(36-20-6-2-3-7-21(20)37-30)29(39)35-18-10-11-19-23(14-18)33-15-32-19/h2-16H,1H3,(H,32,33)(H,35,39). The third-order valence-corrected chi connectivity index (χ3v) is 6.56. The van der Waals surface area contributed by atoms with Crippen LogP contribution in [0.5, 0.6) is 17.4 Å². The van der Waals surface area contributed by atoms with E-state index in [1.807, 2.05) is 30.3 Å². The van der Waals surface area contributed by atoms with Crippen molar-refractivity contribution in [1.29, 1.82) is 0 Å². The predicted molar refractivity (Wildman–Crippen MR) is 151 cm³/mol. The number of nitrogens with one attached hydrogen (secondary N) is 2. The minimum absolute atomic E-state index is 0.0683. The van der Waals surface area contributed by atoms with Crippen LogP contribution in [0.3, 0.4) is 0 Å². The molecule has 2 N–H and O–H groups in total. The largest absolute Gasteiger partial charge is 0.493 e. The van der Waals surface area contributed by atoms with E-state index in [0.29, 0.717) is 27.9 Å². The zero-order chi connectivity index (χ0) is 27.9. The van der Waals surface area contributed by atoms with Gasteiger partial charge in [-0.2, -0.15) is 0 Å². The maximum absolute atomic E-state index is 14.8. The normalized spacial score (nSPS) is 11.3. The van der Waals surface area contributed by atoms with Gasteiger partial charge in [-0.3, -0.25) is 9.36 Å². The molecule has 3 heterocycles. The Labute approximate surface area is 231 Å². The summed E-state index contributed by atoms with van der Waals surface area (Å²) in [6.45, 7) is 0. The average molecular weight is 546 g/mol. The van der Waals surface area contributed by atoms with Crippen LogP contribution in [0, 0.1) is 5.82 Å². The highest BCUT2D eigenvalue weighted by Crippen LogP contribution is 2.40. The van der Waals surface area contributed by atoms with Gasteiger partial charge in [-0.15, -0.1) is 0 Å². The van der Waals surface area contributed by atoms with Crippen molar-refractivity contribution in [2.75, 3.05) is 12.4 Å². The van der Waals surface area contributed by atoms with Crippen LogP contribution < -0.4 is 14.8 Å². The van der Waals surface area contributed by atoms with Gasteiger partial charge in [0.2, 0.25) is 0 Å². The SMILES string of the molecule is COc1cc(F)cc(-n2cnc3ccccc32)c1Oc1nc2ccccc2nc1C(=O)Nc1ccc2nc[nH]c2c1. The summed E-state index contributed by atoms with van der Waals surface area (Å²) in [6, 6.07) is 22.3. The van der Waals surface area contributed by atoms with Crippen molar-refractivity contribution >= 4 is 44.7 Å². The quantitative estimate of drug-likeness (QED) is 0.262. The number of halogens is 1. The number of ether oxygens (including phenoxy) is 2. The molecule has 0 fully saturated rings. The van der Waals surface area contributed by atoms with Crippen molar-refractivity contribution in [2.45, 2.75) is 0 Å². The van der Waals surface area contributed by atoms with Crippen molar-refractivity contribution in [3.05, 3.63) is 103 Å². The molecule has 7 rings (SSSR count). The molecule has 0 saturated heterocycles. The summed E-state index contributed by atoms with van der Waals surface area (Å²) in [6.07, 6.45) is 3.14. The van der Waals surface area contributed by atoms with Gasteiger partial charge in [-0.1, -0.05) is 24.3 Å². The smallest absolute Gasteiger partial charge is 0.279 e. The van der Waals surface area contributed by atoms with E-state index < -0.39 is 11.7 Å². The second-order valence-corrected chi connectivity index (χ2v) is 9.12. The summed E-state index contributed by atoms with van der Waals surface area (Å²) >= 11 is 0. The van der Waals surface area contributed by atoms with Gasteiger partial charge >= 0.3 is 0 Å². The number of H-pyrrole nitrogens is 1. The van der Waals surface area contributed by atoms with E-state index in [4.69, 9.17) is 9.47 Å². The molecule has 0 spiro atoms. The number of nitrogens with zero attached hydrogens (tertiary/aromatic N) is 5. The number of carbonyl (C=O) groups excluding carboxylic acids is 1. The number of amides is 1. The molecule has 0 aliphatic carbocycles. The van der Waals surface area contributed by atoms with E-state index in [1.165, 1.54) is 19.2 Å². The number of hydrogen-bond donors (Lipinski definition) is 2. The molecule has 0 unspecified atom stereocenters. The van der Waals surface area contributed by atoms with Gasteiger partial charge in [0, 0.05) is 17.8 Å². The fourth-order valence-electron chi connectivity index (χ4n) is 4.64. The zero-order valence-corrected chi connectivity index (χ0v) is 21.5. The number of para-hydroxylation sites is 4. The van der Waals surface area contributed by atoms with Gasteiger partial charge in [0.05, 0.1) is 52.2 Å². The van der Waals surface area contributed by atoms with Crippen LogP contribution in [0.25, 0.3) is 38.8 Å². The summed E-state index contributed by atoms with van der Waals surface area (Å²) in [5.41, 5.74) is 4.73. The summed E-state index contributed by atoms with van der Waals surface area (Å²) in [5.74, 6) is -0.940. The summed E-state index contributed by atoms with van der Waals surface area (Å²) in [4.78, 5) is 34.5. The van der Waals surface area contributed by atoms with Crippen molar-refractivity contribution < 1.29 is 18.7 Å². The molecule has 7 aromatic rings. The molecular weight excluding hydrogens is 525 g/mol. The third kappa shape index (κ3) is 4.35. The maximum Gasteiger partial charge on any atom is 0.279 e. The number of hydrogen-bond acceptors (Lipinski definition) is 7. The molecule has 200 valence electrons. The molecule has 0 bridgehead atoms. The van der Waals surface area contributed by atoms with E-state index in [2.05, 4.69) is 30.2 Å². The third-order valence-electron chi connectivity index (χ3n) is 6.56. The number of aromatic amines is 1. The van der Waals surface area contributed by atoms with Gasteiger partial charge < -0.3 is 19.8 Å². The lowest BCUT2D eigenvalue weighted by atomic mass is 10.2. The molecule has 0 aliphatic heterocycles. The molecule has 1 amide bonds. The molecule has 11 heteroatoms. The van der Waals surface area contributed by atoms with Crippen molar-refractivity contribution in [3.63, 3.8) is 0 Å². The Morgan fingerprint density at radius 3 is 2.51 bits per heavy atom. The first kappa shape index (κ1) is 24.2. The predicted octanol–water partition coefficient (Wildman–Crippen LogP) is 6.04. The molecule has 0 aliphatic rings. The number of fused-ring (bicyclic) bond motifs is 3. The van der Waals surface area contributed by atoms with Crippen LogP contribution in [0.15, 0.2) is 91.5 Å². The highest BCUT2D eigenvalue weighted by atomic mass is 19.1. The Hall–Kier alpha value is -5.84. The van der Waals surface area contributed by atoms with Gasteiger partial charge in [-0.25, -0.2) is 24.3 Å². The van der Waals surface area contributed by atoms with Crippen molar-refractivity contribution in [1.82, 2.24) is 29.5 Å². The Kier molecular flexibility index (Phi) is 5.74. The minimum Gasteiger partial charge on any atom is -0.493 e. The van der Waals surface area contributed by atoms with Gasteiger partial charge in [0.1, 0.15) is 12.1 Å². The van der Waals surface area contributed by atoms with Crippen molar-refractivity contribution in [2.24, 2.45) is 0 Å². The Morgan fingerprint density at radius 2 is 1.68 bits per heavy atom. The van der Waals surface area contributed by atoms with Crippen LogP contribution in [-0.2, 0) is 0 Å². The van der Waals surface area contributed by atoms with Crippen LogP contribution in [-0.4, -0.2) is 42.5 Å². The van der Waals surface area contributed by atoms with E-state index >= 15 is 0 Å². The molecule has 10 nitrogen and oxygen atoms in total. The molecule has 41 heavy (non-hydrogen) atoms. The van der Waals surface area contributed by atoms with Crippen LogP contribution in [0.2, 0.25) is 0 Å². The topological polar surface area (TPSA) is 120 Å². The summed E-state index contributed by atoms with van der Waals surface area (Å²) < 4.78 is 28.3. The number of imidazole rings is 2. The number of methoxy groups -OCH3 is 1. The number of aromatic nitrogens is 6. The number of anilines is 1. The first-order chi connectivity index (χ1) is 20.1. The lowest BCUT2D eigenvalue weighted by molar-refractivity contribution is 0.101. The Bertz CT molecular complexity index is 2100. The summed E-state index contributed by atoms with van der Waals surface area (Å²) in [5, 5.41) is 2.86. The highest BCUT2D eigenvalue weighted by Gasteiger charge is 2.24. The minimum atomic E-state index is -0.548. The van der Waals surface area contributed by atoms with Crippen LogP contribution >= 0.6 is 0 Å². The molecule has 0 radical (unpaired) electrons. The first-order valence-corrected chi connectivity index (χ1v) is 12.6. The molecule has 0 saturated carbocycles. The molecule has 4 aromatic carbocycles. The lowest BCUT2D eigenvalue weighted by Crippen LogP contribution is -2.16. The van der Waals surface area contributed by atoms with Gasteiger partial charge in [0.15, 0.2) is 17.2 Å². The van der Waals surface area contributed by atoms with E-state index in [1.54, 1.807) is 53.6 Å². The first-order valence-electron chi connectivity index (χ1n) is 12.6. The van der Waals surface area contributed by atoms with Crippen LogP contribution in [0.4, 0.5) is 10.1 Å². The average Bonchev–Trinajstić information content (AvgIpc) is 3.64. The number of carbonyl (C=O) groups is 1. The highest BCUT2D eigenvalue weighted by molar-refractivity contribution is 6.06. The maximum atomic E-state index is 14.8. The fourth-order valence-corrected chi connectivity index (χ4v) is 4.64. The Balaban J connectivity index is 1.36. The monoisotopic (exact) mass is 545 g/mol. The lowest BCUT2D eigenvalue weighted by Gasteiger charge is -2.17. The van der Waals surface area contributed by atoms with Crippen LogP contribution in [0.1, 0.15) is 10.5 Å². The molecule has 0 atom stereocenters. The van der Waals surface area contributed by atoms with E-state index in [0.717, 1.165) is 16.6 Å². The van der Waals surface area contributed by atoms with Gasteiger partial charge in [0.25, 0.3) is 11.8 Å². The zero-order valence-electron chi connectivity index (χ0n) is 21.5. The van der Waals surface area contributed by atoms with E-state index in [9.17, 15) is 9.18 Å². The fraction of sp³-hybridized carbons (Fsp3) is 0.0333. The van der Waals surface area contributed by atoms with Crippen molar-refractivity contribution in [3.8, 4) is 23.1 Å². The number of benzene rings is 4. The second kappa shape index (κ2) is 9.72. The number of rotatable bonds is 6. The Morgan fingerprint density at radius 1 is 0.902 bits per heavy atom. The van der Waals surface area contributed by atoms with Gasteiger partial charge in [-0.05, 0) is 42.5 Å². The second-order valence-electron chi connectivity index (χ2n) is 9.12. The molecular formula is C30H20FN7O3. The van der Waals surface area contributed by atoms with E-state index in [-0.39, 0.29) is 23.1 Å². The summed E-state index contributed by atoms with van der Waals surface area (Å²) in [7, 11) is 1.41.